The molecule has 2 N–H and O–H groups in total. The van der Waals surface area contributed by atoms with Crippen LogP contribution in [0.3, 0.4) is 0 Å². The number of ether oxygens (including phenoxy) is 1. The third-order valence-corrected chi connectivity index (χ3v) is 5.71. The van der Waals surface area contributed by atoms with Gasteiger partial charge < -0.3 is 15.4 Å². The van der Waals surface area contributed by atoms with E-state index in [0.29, 0.717) is 18.6 Å². The fraction of sp³-hybridized carbons (Fsp3) is 0.409. The average Bonchev–Trinajstić information content (AvgIpc) is 3.39. The van der Waals surface area contributed by atoms with E-state index in [9.17, 15) is 4.79 Å². The standard InChI is InChI=1S/C22H26N2O2/c25-21(20-14-22(20)9-11-23-12-10-22)24-15-17-5-4-6-18(13-17)16-26-19-7-2-1-3-8-19/h1-8,13,20,23H,9-12,14-16H2,(H,24,25). The molecule has 1 aliphatic heterocycles. The van der Waals surface area contributed by atoms with Crippen molar-refractivity contribution in [3.05, 3.63) is 65.7 Å². The van der Waals surface area contributed by atoms with E-state index in [1.165, 1.54) is 0 Å². The lowest BCUT2D eigenvalue weighted by molar-refractivity contribution is -0.123. The van der Waals surface area contributed by atoms with Crippen molar-refractivity contribution < 1.29 is 9.53 Å². The average molecular weight is 350 g/mol. The largest absolute Gasteiger partial charge is 0.489 e. The van der Waals surface area contributed by atoms with Gasteiger partial charge in [-0.25, -0.2) is 0 Å². The van der Waals surface area contributed by atoms with Crippen molar-refractivity contribution in [3.63, 3.8) is 0 Å². The van der Waals surface area contributed by atoms with Crippen molar-refractivity contribution in [2.75, 3.05) is 13.1 Å². The Hall–Kier alpha value is -2.33. The molecule has 2 fully saturated rings. The first kappa shape index (κ1) is 17.1. The number of amides is 1. The summed E-state index contributed by atoms with van der Waals surface area (Å²) in [7, 11) is 0. The minimum absolute atomic E-state index is 0.217. The van der Waals surface area contributed by atoms with Crippen LogP contribution in [0.5, 0.6) is 5.75 Å². The number of carbonyl (C=O) groups is 1. The first-order valence-electron chi connectivity index (χ1n) is 9.49. The second-order valence-corrected chi connectivity index (χ2v) is 7.51. The molecule has 1 unspecified atom stereocenters. The van der Waals surface area contributed by atoms with Gasteiger partial charge in [-0.05, 0) is 61.0 Å². The third kappa shape index (κ3) is 3.91. The minimum atomic E-state index is 0.217. The second-order valence-electron chi connectivity index (χ2n) is 7.51. The number of rotatable bonds is 6. The molecule has 1 aliphatic carbocycles. The summed E-state index contributed by atoms with van der Waals surface area (Å²) >= 11 is 0. The van der Waals surface area contributed by atoms with Crippen LogP contribution < -0.4 is 15.4 Å². The highest BCUT2D eigenvalue weighted by molar-refractivity contribution is 5.82. The SMILES string of the molecule is O=C(NCc1cccc(COc2ccccc2)c1)C1CC12CCNCC2. The van der Waals surface area contributed by atoms with Crippen LogP contribution >= 0.6 is 0 Å². The molecule has 1 saturated heterocycles. The maximum Gasteiger partial charge on any atom is 0.223 e. The van der Waals surface area contributed by atoms with Crippen LogP contribution in [0.1, 0.15) is 30.4 Å². The molecule has 4 heteroatoms. The maximum absolute atomic E-state index is 12.5. The fourth-order valence-corrected chi connectivity index (χ4v) is 4.02. The molecular formula is C22H26N2O2. The van der Waals surface area contributed by atoms with Crippen molar-refractivity contribution in [3.8, 4) is 5.75 Å². The first-order chi connectivity index (χ1) is 12.8. The lowest BCUT2D eigenvalue weighted by atomic mass is 9.92. The lowest BCUT2D eigenvalue weighted by Gasteiger charge is -2.23. The molecule has 1 atom stereocenters. The number of carbonyl (C=O) groups excluding carboxylic acids is 1. The quantitative estimate of drug-likeness (QED) is 0.841. The Bertz CT molecular complexity index is 754. The summed E-state index contributed by atoms with van der Waals surface area (Å²) < 4.78 is 5.80. The summed E-state index contributed by atoms with van der Waals surface area (Å²) in [6, 6.07) is 18.1. The molecule has 26 heavy (non-hydrogen) atoms. The summed E-state index contributed by atoms with van der Waals surface area (Å²) in [4.78, 5) is 12.5. The van der Waals surface area contributed by atoms with E-state index in [1.807, 2.05) is 36.4 Å². The summed E-state index contributed by atoms with van der Waals surface area (Å²) in [6.07, 6.45) is 3.33. The summed E-state index contributed by atoms with van der Waals surface area (Å²) in [6.45, 7) is 3.22. The van der Waals surface area contributed by atoms with E-state index in [2.05, 4.69) is 28.8 Å². The Balaban J connectivity index is 1.28. The third-order valence-electron chi connectivity index (χ3n) is 5.71. The van der Waals surface area contributed by atoms with Gasteiger partial charge in [-0.1, -0.05) is 42.5 Å². The number of nitrogens with one attached hydrogen (secondary N) is 2. The highest BCUT2D eigenvalue weighted by Gasteiger charge is 2.57. The van der Waals surface area contributed by atoms with Crippen LogP contribution in [-0.4, -0.2) is 19.0 Å². The van der Waals surface area contributed by atoms with Crippen molar-refractivity contribution in [1.82, 2.24) is 10.6 Å². The van der Waals surface area contributed by atoms with Crippen molar-refractivity contribution in [2.24, 2.45) is 11.3 Å². The van der Waals surface area contributed by atoms with Gasteiger partial charge in [0, 0.05) is 12.5 Å². The van der Waals surface area contributed by atoms with Gasteiger partial charge in [0.05, 0.1) is 0 Å². The van der Waals surface area contributed by atoms with Gasteiger partial charge >= 0.3 is 0 Å². The summed E-state index contributed by atoms with van der Waals surface area (Å²) in [5.41, 5.74) is 2.52. The van der Waals surface area contributed by atoms with Gasteiger partial charge in [-0.3, -0.25) is 4.79 Å². The molecule has 2 aliphatic rings. The van der Waals surface area contributed by atoms with E-state index in [-0.39, 0.29) is 11.8 Å². The molecule has 0 aromatic heterocycles. The number of hydrogen-bond acceptors (Lipinski definition) is 3. The van der Waals surface area contributed by atoms with Gasteiger partial charge in [0.25, 0.3) is 0 Å². The predicted molar refractivity (Wildman–Crippen MR) is 102 cm³/mol. The Morgan fingerprint density at radius 1 is 1.08 bits per heavy atom. The molecule has 136 valence electrons. The van der Waals surface area contributed by atoms with Gasteiger partial charge in [0.2, 0.25) is 5.91 Å². The molecule has 1 saturated carbocycles. The van der Waals surface area contributed by atoms with E-state index in [0.717, 1.165) is 49.2 Å². The van der Waals surface area contributed by atoms with E-state index in [1.54, 1.807) is 0 Å². The topological polar surface area (TPSA) is 50.4 Å². The Morgan fingerprint density at radius 2 is 1.85 bits per heavy atom. The maximum atomic E-state index is 12.5. The lowest BCUT2D eigenvalue weighted by Crippen LogP contribution is -2.33. The zero-order valence-corrected chi connectivity index (χ0v) is 15.0. The monoisotopic (exact) mass is 350 g/mol. The smallest absolute Gasteiger partial charge is 0.223 e. The molecular weight excluding hydrogens is 324 g/mol. The fourth-order valence-electron chi connectivity index (χ4n) is 4.02. The van der Waals surface area contributed by atoms with E-state index < -0.39 is 0 Å². The van der Waals surface area contributed by atoms with Gasteiger partial charge in [0.15, 0.2) is 0 Å². The summed E-state index contributed by atoms with van der Waals surface area (Å²) in [5.74, 6) is 1.30. The molecule has 1 heterocycles. The Morgan fingerprint density at radius 3 is 2.65 bits per heavy atom. The Labute approximate surface area is 155 Å². The molecule has 2 aromatic rings. The number of hydrogen-bond donors (Lipinski definition) is 2. The van der Waals surface area contributed by atoms with Crippen LogP contribution in [-0.2, 0) is 17.9 Å². The van der Waals surface area contributed by atoms with Crippen molar-refractivity contribution in [1.29, 1.82) is 0 Å². The van der Waals surface area contributed by atoms with Crippen LogP contribution in [0.4, 0.5) is 0 Å². The van der Waals surface area contributed by atoms with Crippen LogP contribution in [0, 0.1) is 11.3 Å². The first-order valence-corrected chi connectivity index (χ1v) is 9.49. The molecule has 4 rings (SSSR count). The van der Waals surface area contributed by atoms with Crippen LogP contribution in [0.15, 0.2) is 54.6 Å². The zero-order valence-electron chi connectivity index (χ0n) is 15.0. The van der Waals surface area contributed by atoms with E-state index >= 15 is 0 Å². The number of piperidine rings is 1. The Kier molecular flexibility index (Phi) is 4.93. The molecule has 0 bridgehead atoms. The normalized spacial score (nSPS) is 20.5. The molecule has 0 radical (unpaired) electrons. The summed E-state index contributed by atoms with van der Waals surface area (Å²) in [5, 5.41) is 6.52. The predicted octanol–water partition coefficient (Wildman–Crippen LogP) is 3.27. The molecule has 1 amide bonds. The molecule has 4 nitrogen and oxygen atoms in total. The van der Waals surface area contributed by atoms with E-state index in [4.69, 9.17) is 4.74 Å². The highest BCUT2D eigenvalue weighted by Crippen LogP contribution is 2.58. The van der Waals surface area contributed by atoms with Crippen molar-refractivity contribution >= 4 is 5.91 Å². The van der Waals surface area contributed by atoms with Crippen LogP contribution in [0.25, 0.3) is 0 Å². The van der Waals surface area contributed by atoms with Crippen molar-refractivity contribution in [2.45, 2.75) is 32.4 Å². The van der Waals surface area contributed by atoms with Gasteiger partial charge in [-0.2, -0.15) is 0 Å². The highest BCUT2D eigenvalue weighted by atomic mass is 16.5. The van der Waals surface area contributed by atoms with Crippen LogP contribution in [0.2, 0.25) is 0 Å². The molecule has 1 spiro atoms. The molecule has 2 aromatic carbocycles. The van der Waals surface area contributed by atoms with Gasteiger partial charge in [0.1, 0.15) is 12.4 Å². The van der Waals surface area contributed by atoms with Gasteiger partial charge in [-0.15, -0.1) is 0 Å². The number of para-hydroxylation sites is 1. The minimum Gasteiger partial charge on any atom is -0.489 e. The zero-order chi connectivity index (χ0) is 17.8. The number of benzene rings is 2. The second kappa shape index (κ2) is 7.50.